The van der Waals surface area contributed by atoms with Crippen molar-refractivity contribution in [3.8, 4) is 11.4 Å². The molecule has 34 heavy (non-hydrogen) atoms. The van der Waals surface area contributed by atoms with E-state index in [1.165, 1.54) is 5.56 Å². The van der Waals surface area contributed by atoms with E-state index in [9.17, 15) is 4.79 Å². The molecule has 0 aliphatic carbocycles. The van der Waals surface area contributed by atoms with Gasteiger partial charge in [0, 0.05) is 22.3 Å². The Morgan fingerprint density at radius 1 is 1.03 bits per heavy atom. The zero-order valence-corrected chi connectivity index (χ0v) is 21.9. The minimum atomic E-state index is 0.0476. The normalized spacial score (nSPS) is 11.1. The summed E-state index contributed by atoms with van der Waals surface area (Å²) in [5.41, 5.74) is 6.83. The lowest BCUT2D eigenvalue weighted by atomic mass is 9.98. The number of hydrogen-bond donors (Lipinski definition) is 0. The lowest BCUT2D eigenvalue weighted by molar-refractivity contribution is 0.0737. The molecular weight excluding hydrogens is 490 g/mol. The highest BCUT2D eigenvalue weighted by Crippen LogP contribution is 2.27. The van der Waals surface area contributed by atoms with E-state index in [1.807, 2.05) is 55.1 Å². The van der Waals surface area contributed by atoms with Crippen LogP contribution in [0.15, 0.2) is 59.1 Å². The van der Waals surface area contributed by atoms with Crippen LogP contribution >= 0.6 is 15.9 Å². The fraction of sp³-hybridized carbons (Fsp3) is 0.286. The number of ether oxygens (including phenoxy) is 1. The van der Waals surface area contributed by atoms with E-state index < -0.39 is 0 Å². The van der Waals surface area contributed by atoms with Crippen molar-refractivity contribution in [2.24, 2.45) is 0 Å². The van der Waals surface area contributed by atoms with Gasteiger partial charge in [-0.25, -0.2) is 4.98 Å². The molecule has 6 heteroatoms. The number of rotatable bonds is 7. The monoisotopic (exact) mass is 519 g/mol. The largest absolute Gasteiger partial charge is 0.497 e. The molecule has 0 unspecified atom stereocenters. The Labute approximate surface area is 209 Å². The zero-order chi connectivity index (χ0) is 24.4. The number of methoxy groups -OCH3 is 1. The predicted molar refractivity (Wildman–Crippen MR) is 141 cm³/mol. The topological polar surface area (TPSA) is 47.4 Å². The van der Waals surface area contributed by atoms with Crippen LogP contribution in [0.1, 0.15) is 46.2 Å². The number of amides is 1. The highest BCUT2D eigenvalue weighted by molar-refractivity contribution is 9.10. The minimum absolute atomic E-state index is 0.0476. The van der Waals surface area contributed by atoms with Gasteiger partial charge in [0.1, 0.15) is 11.6 Å². The van der Waals surface area contributed by atoms with Gasteiger partial charge in [0.05, 0.1) is 24.7 Å². The maximum atomic E-state index is 13.8. The van der Waals surface area contributed by atoms with Crippen molar-refractivity contribution in [1.82, 2.24) is 14.5 Å². The first-order valence-corrected chi connectivity index (χ1v) is 12.3. The first-order valence-electron chi connectivity index (χ1n) is 11.5. The van der Waals surface area contributed by atoms with Crippen LogP contribution in [0.5, 0.6) is 5.75 Å². The van der Waals surface area contributed by atoms with E-state index in [1.54, 1.807) is 7.11 Å². The summed E-state index contributed by atoms with van der Waals surface area (Å²) in [4.78, 5) is 20.6. The summed E-state index contributed by atoms with van der Waals surface area (Å²) >= 11 is 3.56. The molecule has 1 amide bonds. The Hall–Kier alpha value is -3.12. The van der Waals surface area contributed by atoms with Gasteiger partial charge in [-0.2, -0.15) is 0 Å². The molecule has 0 fully saturated rings. The zero-order valence-electron chi connectivity index (χ0n) is 20.4. The summed E-state index contributed by atoms with van der Waals surface area (Å²) in [5.74, 6) is 1.67. The van der Waals surface area contributed by atoms with E-state index in [2.05, 4.69) is 52.5 Å². The molecule has 0 atom stereocenters. The number of aryl methyl sites for hydroxylation is 3. The molecule has 5 nitrogen and oxygen atoms in total. The first kappa shape index (κ1) is 24.0. The Morgan fingerprint density at radius 3 is 2.32 bits per heavy atom. The summed E-state index contributed by atoms with van der Waals surface area (Å²) < 4.78 is 8.45. The lowest BCUT2D eigenvalue weighted by Crippen LogP contribution is -2.33. The van der Waals surface area contributed by atoms with Crippen molar-refractivity contribution >= 4 is 32.9 Å². The number of hydrogen-bond acceptors (Lipinski definition) is 3. The van der Waals surface area contributed by atoms with Gasteiger partial charge in [-0.1, -0.05) is 40.5 Å². The fourth-order valence-corrected chi connectivity index (χ4v) is 4.95. The summed E-state index contributed by atoms with van der Waals surface area (Å²) in [6, 6.07) is 18.2. The second-order valence-corrected chi connectivity index (χ2v) is 9.61. The van der Waals surface area contributed by atoms with Crippen LogP contribution in [0.3, 0.4) is 0 Å². The average Bonchev–Trinajstić information content (AvgIpc) is 3.15. The Morgan fingerprint density at radius 2 is 1.71 bits per heavy atom. The van der Waals surface area contributed by atoms with E-state index in [-0.39, 0.29) is 5.91 Å². The van der Waals surface area contributed by atoms with Gasteiger partial charge < -0.3 is 9.64 Å². The molecule has 1 heterocycles. The van der Waals surface area contributed by atoms with Crippen molar-refractivity contribution in [2.75, 3.05) is 13.7 Å². The molecule has 0 radical (unpaired) electrons. The van der Waals surface area contributed by atoms with Crippen LogP contribution in [-0.2, 0) is 6.54 Å². The van der Waals surface area contributed by atoms with Crippen molar-refractivity contribution in [1.29, 1.82) is 0 Å². The molecule has 0 bridgehead atoms. The van der Waals surface area contributed by atoms with Gasteiger partial charge in [-0.15, -0.1) is 0 Å². The van der Waals surface area contributed by atoms with E-state index in [4.69, 9.17) is 9.72 Å². The van der Waals surface area contributed by atoms with E-state index in [0.717, 1.165) is 55.9 Å². The second-order valence-electron chi connectivity index (χ2n) is 8.69. The lowest BCUT2D eigenvalue weighted by Gasteiger charge is -2.24. The number of benzene rings is 3. The van der Waals surface area contributed by atoms with Crippen LogP contribution in [-0.4, -0.2) is 34.0 Å². The van der Waals surface area contributed by atoms with Crippen LogP contribution in [0.2, 0.25) is 0 Å². The first-order chi connectivity index (χ1) is 16.3. The standard InChI is InChI=1S/C28H30BrN3O2/c1-6-13-31(28(33)27-19(3)14-18(2)15-20(27)4)17-26-30-24-16-21(29)7-12-25(24)32(26)22-8-10-23(34-5)11-9-22/h7-12,14-16H,6,13,17H2,1-5H3. The number of aromatic nitrogens is 2. The highest BCUT2D eigenvalue weighted by atomic mass is 79.9. The molecule has 0 saturated heterocycles. The van der Waals surface area contributed by atoms with E-state index >= 15 is 0 Å². The molecule has 0 N–H and O–H groups in total. The Balaban J connectivity index is 1.80. The molecule has 0 spiro atoms. The van der Waals surface area contributed by atoms with Crippen LogP contribution < -0.4 is 4.74 Å². The summed E-state index contributed by atoms with van der Waals surface area (Å²) in [6.45, 7) is 9.26. The number of imidazole rings is 1. The third-order valence-corrected chi connectivity index (χ3v) is 6.51. The summed E-state index contributed by atoms with van der Waals surface area (Å²) in [6.07, 6.45) is 0.865. The van der Waals surface area contributed by atoms with Gasteiger partial charge >= 0.3 is 0 Å². The SMILES string of the molecule is CCCN(Cc1nc2cc(Br)ccc2n1-c1ccc(OC)cc1)C(=O)c1c(C)cc(C)cc1C. The number of carbonyl (C=O) groups is 1. The van der Waals surface area contributed by atoms with Crippen molar-refractivity contribution in [3.05, 3.63) is 87.1 Å². The minimum Gasteiger partial charge on any atom is -0.497 e. The van der Waals surface area contributed by atoms with Crippen LogP contribution in [0, 0.1) is 20.8 Å². The Bertz CT molecular complexity index is 1320. The van der Waals surface area contributed by atoms with Gasteiger partial charge in [-0.3, -0.25) is 9.36 Å². The van der Waals surface area contributed by atoms with Crippen molar-refractivity contribution < 1.29 is 9.53 Å². The smallest absolute Gasteiger partial charge is 0.254 e. The maximum absolute atomic E-state index is 13.8. The fourth-order valence-electron chi connectivity index (χ4n) is 4.60. The second kappa shape index (κ2) is 10.0. The highest BCUT2D eigenvalue weighted by Gasteiger charge is 2.23. The van der Waals surface area contributed by atoms with Gasteiger partial charge in [0.15, 0.2) is 0 Å². The van der Waals surface area contributed by atoms with Crippen molar-refractivity contribution in [2.45, 2.75) is 40.7 Å². The van der Waals surface area contributed by atoms with Gasteiger partial charge in [-0.05, 0) is 80.8 Å². The van der Waals surface area contributed by atoms with Gasteiger partial charge in [0.2, 0.25) is 0 Å². The number of carbonyl (C=O) groups excluding carboxylic acids is 1. The third kappa shape index (κ3) is 4.73. The number of nitrogens with zero attached hydrogens (tertiary/aromatic N) is 3. The summed E-state index contributed by atoms with van der Waals surface area (Å²) in [5, 5.41) is 0. The number of halogens is 1. The molecule has 0 aliphatic rings. The Kier molecular flexibility index (Phi) is 7.08. The quantitative estimate of drug-likeness (QED) is 0.270. The average molecular weight is 520 g/mol. The molecule has 176 valence electrons. The van der Waals surface area contributed by atoms with Crippen molar-refractivity contribution in [3.63, 3.8) is 0 Å². The predicted octanol–water partition coefficient (Wildman–Crippen LogP) is 6.77. The number of fused-ring (bicyclic) bond motifs is 1. The molecule has 0 aliphatic heterocycles. The van der Waals surface area contributed by atoms with Gasteiger partial charge in [0.25, 0.3) is 5.91 Å². The molecule has 4 rings (SSSR count). The maximum Gasteiger partial charge on any atom is 0.254 e. The molecular formula is C28H30BrN3O2. The molecule has 4 aromatic rings. The molecule has 3 aromatic carbocycles. The van der Waals surface area contributed by atoms with Crippen LogP contribution in [0.4, 0.5) is 0 Å². The summed E-state index contributed by atoms with van der Waals surface area (Å²) in [7, 11) is 1.66. The molecule has 0 saturated carbocycles. The molecule has 1 aromatic heterocycles. The van der Waals surface area contributed by atoms with Crippen LogP contribution in [0.25, 0.3) is 16.7 Å². The van der Waals surface area contributed by atoms with E-state index in [0.29, 0.717) is 13.1 Å². The third-order valence-electron chi connectivity index (χ3n) is 6.02.